The average Bonchev–Trinajstić information content (AvgIpc) is 3.18. The number of carbonyl (C=O) groups is 3. The van der Waals surface area contributed by atoms with Crippen LogP contribution in [0.4, 0.5) is 0 Å². The normalized spacial score (nSPS) is 13.6. The molecule has 0 aromatic carbocycles. The SMILES string of the molecule is CC/C=C/C/C=C/C/C=C/C/C=C/C/C=C/C/C=C/CCCCC(=O)OC(COCCC(C(=O)O)[N+](C)(C)C)COC(=O)CCCCCCCCCCCCCCC. The van der Waals surface area contributed by atoms with Crippen molar-refractivity contribution in [1.29, 1.82) is 0 Å². The van der Waals surface area contributed by atoms with E-state index in [1.165, 1.54) is 64.2 Å². The summed E-state index contributed by atoms with van der Waals surface area (Å²) in [5.74, 6) is -1.53. The van der Waals surface area contributed by atoms with Crippen LogP contribution in [0.2, 0.25) is 0 Å². The van der Waals surface area contributed by atoms with Crippen LogP contribution in [0, 0.1) is 0 Å². The Morgan fingerprint density at radius 1 is 0.534 bits per heavy atom. The summed E-state index contributed by atoms with van der Waals surface area (Å²) in [5.41, 5.74) is 0. The van der Waals surface area contributed by atoms with Gasteiger partial charge in [0.15, 0.2) is 12.1 Å². The molecule has 0 amide bonds. The molecule has 0 radical (unpaired) electrons. The van der Waals surface area contributed by atoms with Crippen LogP contribution in [-0.2, 0) is 28.6 Å². The highest BCUT2D eigenvalue weighted by atomic mass is 16.6. The van der Waals surface area contributed by atoms with E-state index in [0.717, 1.165) is 70.6 Å². The second-order valence-corrected chi connectivity index (χ2v) is 16.3. The monoisotopic (exact) mass is 813 g/mol. The van der Waals surface area contributed by atoms with Crippen molar-refractivity contribution < 1.29 is 38.2 Å². The second-order valence-electron chi connectivity index (χ2n) is 16.3. The molecule has 8 nitrogen and oxygen atoms in total. The Morgan fingerprint density at radius 3 is 1.43 bits per heavy atom. The molecule has 0 bridgehead atoms. The number of quaternary nitrogens is 1. The third-order valence-corrected chi connectivity index (χ3v) is 9.87. The third-order valence-electron chi connectivity index (χ3n) is 9.87. The molecule has 2 atom stereocenters. The van der Waals surface area contributed by atoms with Gasteiger partial charge in [0.05, 0.1) is 34.4 Å². The van der Waals surface area contributed by atoms with Crippen molar-refractivity contribution in [2.45, 2.75) is 187 Å². The van der Waals surface area contributed by atoms with Gasteiger partial charge in [0, 0.05) is 19.3 Å². The van der Waals surface area contributed by atoms with Crippen LogP contribution in [0.3, 0.4) is 0 Å². The number of nitrogens with zero attached hydrogens (tertiary/aromatic N) is 1. The molecule has 0 aromatic heterocycles. The quantitative estimate of drug-likeness (QED) is 0.0285. The predicted molar refractivity (Wildman–Crippen MR) is 243 cm³/mol. The number of hydrogen-bond donors (Lipinski definition) is 1. The van der Waals surface area contributed by atoms with Crippen molar-refractivity contribution in [1.82, 2.24) is 0 Å². The minimum atomic E-state index is -0.884. The topological polar surface area (TPSA) is 99.1 Å². The number of carboxylic acid groups (broad SMARTS) is 1. The molecule has 8 heteroatoms. The van der Waals surface area contributed by atoms with Gasteiger partial charge >= 0.3 is 17.9 Å². The first-order valence-electron chi connectivity index (χ1n) is 23.0. The zero-order valence-electron chi connectivity index (χ0n) is 37.7. The molecule has 332 valence electrons. The fourth-order valence-electron chi connectivity index (χ4n) is 6.33. The fraction of sp³-hybridized carbons (Fsp3) is 0.700. The van der Waals surface area contributed by atoms with Crippen molar-refractivity contribution in [3.05, 3.63) is 72.9 Å². The number of unbranched alkanes of at least 4 members (excludes halogenated alkanes) is 14. The molecule has 0 aliphatic rings. The Hall–Kier alpha value is -3.23. The molecule has 1 N–H and O–H groups in total. The number of hydrogen-bond acceptors (Lipinski definition) is 6. The molecule has 0 heterocycles. The predicted octanol–water partition coefficient (Wildman–Crippen LogP) is 12.7. The molecule has 0 saturated carbocycles. The lowest BCUT2D eigenvalue weighted by Crippen LogP contribution is -2.50. The van der Waals surface area contributed by atoms with Crippen LogP contribution in [0.5, 0.6) is 0 Å². The van der Waals surface area contributed by atoms with Gasteiger partial charge in [0.1, 0.15) is 6.61 Å². The van der Waals surface area contributed by atoms with E-state index >= 15 is 0 Å². The molecular formula is C50H86NO7+. The van der Waals surface area contributed by atoms with Crippen LogP contribution >= 0.6 is 0 Å². The molecule has 0 aromatic rings. The lowest BCUT2D eigenvalue weighted by Gasteiger charge is -2.31. The number of carbonyl (C=O) groups excluding carboxylic acids is 2. The van der Waals surface area contributed by atoms with Crippen LogP contribution in [0.1, 0.15) is 174 Å². The van der Waals surface area contributed by atoms with Gasteiger partial charge in [-0.05, 0) is 64.2 Å². The molecule has 0 fully saturated rings. The minimum absolute atomic E-state index is 0.0414. The Morgan fingerprint density at radius 2 is 0.966 bits per heavy atom. The van der Waals surface area contributed by atoms with Gasteiger partial charge < -0.3 is 23.8 Å². The molecule has 0 spiro atoms. The Balaban J connectivity index is 4.42. The van der Waals surface area contributed by atoms with Gasteiger partial charge in [0.2, 0.25) is 0 Å². The number of rotatable bonds is 40. The first-order valence-corrected chi connectivity index (χ1v) is 23.0. The van der Waals surface area contributed by atoms with Crippen LogP contribution in [0.15, 0.2) is 72.9 Å². The summed E-state index contributed by atoms with van der Waals surface area (Å²) in [4.78, 5) is 37.0. The number of esters is 2. The standard InChI is InChI=1S/C50H85NO7/c1-6-8-10-12-14-16-18-20-21-22-23-24-25-26-27-29-31-33-35-37-39-41-49(53)58-46(44-56-43-42-47(50(54)55)51(3,4)5)45-57-48(52)40-38-36-34-32-30-28-19-17-15-13-11-9-7-2/h8,10,14,16,20-21,23-24,26-27,31,33,46-47H,6-7,9,11-13,15,17-19,22,25,28-30,32,34-45H2,1-5H3/p+1/b10-8+,16-14+,21-20+,24-23+,27-26+,33-31+. The van der Waals surface area contributed by atoms with Gasteiger partial charge in [-0.1, -0.05) is 164 Å². The lowest BCUT2D eigenvalue weighted by molar-refractivity contribution is -0.887. The van der Waals surface area contributed by atoms with Crippen molar-refractivity contribution in [3.63, 3.8) is 0 Å². The maximum atomic E-state index is 12.7. The fourth-order valence-corrected chi connectivity index (χ4v) is 6.33. The molecule has 0 rings (SSSR count). The molecule has 58 heavy (non-hydrogen) atoms. The number of likely N-dealkylation sites (N-methyl/N-ethyl adjacent to an activating group) is 1. The highest BCUT2D eigenvalue weighted by Crippen LogP contribution is 2.14. The number of ether oxygens (including phenoxy) is 3. The molecular weight excluding hydrogens is 727 g/mol. The summed E-state index contributed by atoms with van der Waals surface area (Å²) in [6.07, 6.45) is 50.9. The highest BCUT2D eigenvalue weighted by Gasteiger charge is 2.31. The zero-order chi connectivity index (χ0) is 42.8. The summed E-state index contributed by atoms with van der Waals surface area (Å²) in [7, 11) is 5.51. The molecule has 0 aliphatic carbocycles. The molecule has 0 aliphatic heterocycles. The molecule has 0 saturated heterocycles. The van der Waals surface area contributed by atoms with Gasteiger partial charge in [-0.25, -0.2) is 4.79 Å². The van der Waals surface area contributed by atoms with Gasteiger partial charge in [-0.15, -0.1) is 0 Å². The van der Waals surface area contributed by atoms with E-state index in [-0.39, 0.29) is 42.7 Å². The van der Waals surface area contributed by atoms with Gasteiger partial charge in [0.25, 0.3) is 0 Å². The third kappa shape index (κ3) is 38.3. The van der Waals surface area contributed by atoms with Crippen LogP contribution in [0.25, 0.3) is 0 Å². The van der Waals surface area contributed by atoms with E-state index in [0.29, 0.717) is 19.3 Å². The molecule has 2 unspecified atom stereocenters. The summed E-state index contributed by atoms with van der Waals surface area (Å²) in [6.45, 7) is 4.57. The minimum Gasteiger partial charge on any atom is -0.477 e. The van der Waals surface area contributed by atoms with Crippen molar-refractivity contribution in [3.8, 4) is 0 Å². The Labute approximate surface area is 355 Å². The van der Waals surface area contributed by atoms with Crippen molar-refractivity contribution in [2.24, 2.45) is 0 Å². The Kier molecular flexibility index (Phi) is 38.3. The lowest BCUT2D eigenvalue weighted by atomic mass is 10.0. The van der Waals surface area contributed by atoms with E-state index in [1.807, 2.05) is 21.1 Å². The van der Waals surface area contributed by atoms with E-state index in [2.05, 4.69) is 86.8 Å². The number of aliphatic carboxylic acids is 1. The number of carboxylic acids is 1. The maximum Gasteiger partial charge on any atom is 0.362 e. The first kappa shape index (κ1) is 54.8. The first-order chi connectivity index (χ1) is 28.1. The highest BCUT2D eigenvalue weighted by molar-refractivity contribution is 5.72. The zero-order valence-corrected chi connectivity index (χ0v) is 37.7. The summed E-state index contributed by atoms with van der Waals surface area (Å²) in [5, 5.41) is 9.62. The van der Waals surface area contributed by atoms with Crippen molar-refractivity contribution in [2.75, 3.05) is 41.0 Å². The number of allylic oxidation sites excluding steroid dienone is 12. The van der Waals surface area contributed by atoms with E-state index in [1.54, 1.807) is 0 Å². The van der Waals surface area contributed by atoms with Gasteiger partial charge in [-0.2, -0.15) is 0 Å². The summed E-state index contributed by atoms with van der Waals surface area (Å²) < 4.78 is 17.2. The van der Waals surface area contributed by atoms with E-state index < -0.39 is 18.1 Å². The largest absolute Gasteiger partial charge is 0.477 e. The van der Waals surface area contributed by atoms with Crippen LogP contribution in [-0.4, -0.2) is 80.6 Å². The Bertz CT molecular complexity index is 1180. The van der Waals surface area contributed by atoms with E-state index in [9.17, 15) is 19.5 Å². The smallest absolute Gasteiger partial charge is 0.362 e. The summed E-state index contributed by atoms with van der Waals surface area (Å²) in [6, 6.07) is -0.625. The van der Waals surface area contributed by atoms with E-state index in [4.69, 9.17) is 14.2 Å². The summed E-state index contributed by atoms with van der Waals surface area (Å²) >= 11 is 0. The van der Waals surface area contributed by atoms with Crippen LogP contribution < -0.4 is 0 Å². The average molecular weight is 813 g/mol. The maximum absolute atomic E-state index is 12.7. The second kappa shape index (κ2) is 40.5. The van der Waals surface area contributed by atoms with Gasteiger partial charge in [-0.3, -0.25) is 9.59 Å². The van der Waals surface area contributed by atoms with Crippen molar-refractivity contribution >= 4 is 17.9 Å².